The Bertz CT molecular complexity index is 656. The SMILES string of the molecule is Cc1c(C(=O)N(C)C(C)CO)nnn1-c1cccc(Cl)c1. The van der Waals surface area contributed by atoms with Gasteiger partial charge in [-0.2, -0.15) is 0 Å². The number of carbonyl (C=O) groups is 1. The lowest BCUT2D eigenvalue weighted by molar-refractivity contribution is 0.0675. The molecule has 7 heteroatoms. The minimum atomic E-state index is -0.284. The van der Waals surface area contributed by atoms with Crippen molar-refractivity contribution < 1.29 is 9.90 Å². The van der Waals surface area contributed by atoms with Gasteiger partial charge in [0.2, 0.25) is 0 Å². The molecule has 0 saturated heterocycles. The highest BCUT2D eigenvalue weighted by Gasteiger charge is 2.23. The number of amides is 1. The number of likely N-dealkylation sites (N-methyl/N-ethyl adjacent to an activating group) is 1. The molecule has 0 aliphatic rings. The van der Waals surface area contributed by atoms with Crippen molar-refractivity contribution in [3.8, 4) is 5.69 Å². The Hall–Kier alpha value is -1.92. The monoisotopic (exact) mass is 308 g/mol. The van der Waals surface area contributed by atoms with Crippen LogP contribution in [0.25, 0.3) is 5.69 Å². The molecule has 0 fully saturated rings. The molecule has 2 rings (SSSR count). The Morgan fingerprint density at radius 3 is 2.86 bits per heavy atom. The lowest BCUT2D eigenvalue weighted by Crippen LogP contribution is -2.37. The van der Waals surface area contributed by atoms with Crippen molar-refractivity contribution in [3.63, 3.8) is 0 Å². The largest absolute Gasteiger partial charge is 0.394 e. The molecule has 6 nitrogen and oxygen atoms in total. The average Bonchev–Trinajstić information content (AvgIpc) is 2.86. The molecule has 1 aromatic heterocycles. The van der Waals surface area contributed by atoms with Crippen LogP contribution in [-0.2, 0) is 0 Å². The van der Waals surface area contributed by atoms with E-state index in [1.807, 2.05) is 6.07 Å². The van der Waals surface area contributed by atoms with Crippen molar-refractivity contribution >= 4 is 17.5 Å². The number of halogens is 1. The molecular weight excluding hydrogens is 292 g/mol. The fraction of sp³-hybridized carbons (Fsp3) is 0.357. The molecule has 0 bridgehead atoms. The lowest BCUT2D eigenvalue weighted by atomic mass is 10.2. The molecule has 1 unspecified atom stereocenters. The summed E-state index contributed by atoms with van der Waals surface area (Å²) in [5, 5.41) is 17.7. The summed E-state index contributed by atoms with van der Waals surface area (Å²) in [5.74, 6) is -0.276. The maximum Gasteiger partial charge on any atom is 0.276 e. The van der Waals surface area contributed by atoms with Crippen LogP contribution >= 0.6 is 11.6 Å². The summed E-state index contributed by atoms with van der Waals surface area (Å²) in [6.45, 7) is 3.42. The molecule has 2 aromatic rings. The average molecular weight is 309 g/mol. The van der Waals surface area contributed by atoms with Crippen LogP contribution in [0.4, 0.5) is 0 Å². The maximum atomic E-state index is 12.4. The normalized spacial score (nSPS) is 12.2. The first kappa shape index (κ1) is 15.5. The number of aromatic nitrogens is 3. The summed E-state index contributed by atoms with van der Waals surface area (Å²) in [6, 6.07) is 6.87. The van der Waals surface area contributed by atoms with Crippen molar-refractivity contribution in [2.45, 2.75) is 19.9 Å². The van der Waals surface area contributed by atoms with E-state index in [0.29, 0.717) is 10.7 Å². The third-order valence-electron chi connectivity index (χ3n) is 3.40. The van der Waals surface area contributed by atoms with E-state index in [0.717, 1.165) is 5.69 Å². The Morgan fingerprint density at radius 2 is 2.24 bits per heavy atom. The second-order valence-corrected chi connectivity index (χ2v) is 5.30. The second kappa shape index (κ2) is 6.24. The summed E-state index contributed by atoms with van der Waals surface area (Å²) in [7, 11) is 1.63. The second-order valence-electron chi connectivity index (χ2n) is 4.86. The van der Waals surface area contributed by atoms with Crippen LogP contribution in [0, 0.1) is 6.92 Å². The van der Waals surface area contributed by atoms with E-state index in [9.17, 15) is 4.79 Å². The molecule has 1 heterocycles. The van der Waals surface area contributed by atoms with Gasteiger partial charge in [0.1, 0.15) is 0 Å². The van der Waals surface area contributed by atoms with Crippen LogP contribution in [0.2, 0.25) is 5.02 Å². The Labute approximate surface area is 127 Å². The van der Waals surface area contributed by atoms with Crippen LogP contribution in [0.1, 0.15) is 23.1 Å². The Morgan fingerprint density at radius 1 is 1.52 bits per heavy atom. The zero-order valence-corrected chi connectivity index (χ0v) is 12.9. The number of hydrogen-bond donors (Lipinski definition) is 1. The molecule has 0 saturated carbocycles. The van der Waals surface area contributed by atoms with Crippen molar-refractivity contribution in [1.82, 2.24) is 19.9 Å². The third-order valence-corrected chi connectivity index (χ3v) is 3.63. The standard InChI is InChI=1S/C14H17ClN4O2/c1-9(8-20)18(3)14(21)13-10(2)19(17-16-13)12-6-4-5-11(15)7-12/h4-7,9,20H,8H2,1-3H3. The molecule has 0 aliphatic heterocycles. The predicted molar refractivity (Wildman–Crippen MR) is 79.7 cm³/mol. The fourth-order valence-electron chi connectivity index (χ4n) is 1.87. The first-order chi connectivity index (χ1) is 9.95. The molecule has 0 radical (unpaired) electrons. The minimum absolute atomic E-state index is 0.107. The molecule has 1 aromatic carbocycles. The molecule has 1 atom stereocenters. The Kier molecular flexibility index (Phi) is 4.59. The number of benzene rings is 1. The van der Waals surface area contributed by atoms with Crippen LogP contribution < -0.4 is 0 Å². The molecule has 0 aliphatic carbocycles. The van der Waals surface area contributed by atoms with Crippen molar-refractivity contribution in [3.05, 3.63) is 40.7 Å². The van der Waals surface area contributed by atoms with Crippen LogP contribution in [-0.4, -0.2) is 50.6 Å². The van der Waals surface area contributed by atoms with Gasteiger partial charge >= 0.3 is 0 Å². The minimum Gasteiger partial charge on any atom is -0.394 e. The summed E-state index contributed by atoms with van der Waals surface area (Å²) in [5.41, 5.74) is 1.63. The van der Waals surface area contributed by atoms with Gasteiger partial charge in [-0.15, -0.1) is 5.10 Å². The van der Waals surface area contributed by atoms with Gasteiger partial charge in [-0.1, -0.05) is 22.9 Å². The number of carbonyl (C=O) groups excluding carboxylic acids is 1. The third kappa shape index (κ3) is 3.06. The summed E-state index contributed by atoms with van der Waals surface area (Å²) in [6.07, 6.45) is 0. The lowest BCUT2D eigenvalue weighted by Gasteiger charge is -2.22. The van der Waals surface area contributed by atoms with Crippen molar-refractivity contribution in [2.24, 2.45) is 0 Å². The van der Waals surface area contributed by atoms with Gasteiger partial charge < -0.3 is 10.0 Å². The molecule has 1 N–H and O–H groups in total. The predicted octanol–water partition coefficient (Wildman–Crippen LogP) is 1.68. The first-order valence-electron chi connectivity index (χ1n) is 6.52. The van der Waals surface area contributed by atoms with Gasteiger partial charge in [-0.25, -0.2) is 4.68 Å². The first-order valence-corrected chi connectivity index (χ1v) is 6.89. The molecule has 112 valence electrons. The smallest absolute Gasteiger partial charge is 0.276 e. The molecule has 21 heavy (non-hydrogen) atoms. The molecular formula is C14H17ClN4O2. The number of hydrogen-bond acceptors (Lipinski definition) is 4. The molecule has 1 amide bonds. The van der Waals surface area contributed by atoms with E-state index in [-0.39, 0.29) is 24.2 Å². The zero-order valence-electron chi connectivity index (χ0n) is 12.1. The van der Waals surface area contributed by atoms with E-state index in [4.69, 9.17) is 16.7 Å². The Balaban J connectivity index is 2.35. The van der Waals surface area contributed by atoms with Crippen molar-refractivity contribution in [1.29, 1.82) is 0 Å². The molecule has 0 spiro atoms. The quantitative estimate of drug-likeness (QED) is 0.933. The van der Waals surface area contributed by atoms with E-state index < -0.39 is 0 Å². The number of aliphatic hydroxyl groups is 1. The van der Waals surface area contributed by atoms with Gasteiger partial charge in [0.05, 0.1) is 24.0 Å². The van der Waals surface area contributed by atoms with Gasteiger partial charge in [0.15, 0.2) is 5.69 Å². The van der Waals surface area contributed by atoms with Gasteiger partial charge in [0.25, 0.3) is 5.91 Å². The summed E-state index contributed by atoms with van der Waals surface area (Å²) >= 11 is 5.96. The van der Waals surface area contributed by atoms with Crippen LogP contribution in [0.3, 0.4) is 0 Å². The van der Waals surface area contributed by atoms with E-state index in [1.54, 1.807) is 43.8 Å². The number of nitrogens with zero attached hydrogens (tertiary/aromatic N) is 4. The van der Waals surface area contributed by atoms with Gasteiger partial charge in [0, 0.05) is 12.1 Å². The summed E-state index contributed by atoms with van der Waals surface area (Å²) in [4.78, 5) is 13.8. The topological polar surface area (TPSA) is 71.2 Å². The highest BCUT2D eigenvalue weighted by atomic mass is 35.5. The fourth-order valence-corrected chi connectivity index (χ4v) is 2.05. The highest BCUT2D eigenvalue weighted by molar-refractivity contribution is 6.30. The number of aliphatic hydroxyl groups excluding tert-OH is 1. The van der Waals surface area contributed by atoms with Crippen LogP contribution in [0.15, 0.2) is 24.3 Å². The van der Waals surface area contributed by atoms with Crippen LogP contribution in [0.5, 0.6) is 0 Å². The highest BCUT2D eigenvalue weighted by Crippen LogP contribution is 2.17. The van der Waals surface area contributed by atoms with E-state index in [1.165, 1.54) is 4.90 Å². The summed E-state index contributed by atoms with van der Waals surface area (Å²) < 4.78 is 1.57. The van der Waals surface area contributed by atoms with E-state index in [2.05, 4.69) is 10.3 Å². The van der Waals surface area contributed by atoms with Gasteiger partial charge in [-0.05, 0) is 32.0 Å². The number of rotatable bonds is 4. The maximum absolute atomic E-state index is 12.4. The van der Waals surface area contributed by atoms with Crippen molar-refractivity contribution in [2.75, 3.05) is 13.7 Å². The zero-order chi connectivity index (χ0) is 15.6. The van der Waals surface area contributed by atoms with Gasteiger partial charge in [-0.3, -0.25) is 4.79 Å². The van der Waals surface area contributed by atoms with E-state index >= 15 is 0 Å².